The highest BCUT2D eigenvalue weighted by Gasteiger charge is 2.37. The lowest BCUT2D eigenvalue weighted by Gasteiger charge is -2.19. The van der Waals surface area contributed by atoms with Gasteiger partial charge in [-0.1, -0.05) is 0 Å². The van der Waals surface area contributed by atoms with E-state index in [1.807, 2.05) is 0 Å². The van der Waals surface area contributed by atoms with Crippen LogP contribution in [0.5, 0.6) is 0 Å². The number of nitrogens with one attached hydrogen (secondary N) is 1. The summed E-state index contributed by atoms with van der Waals surface area (Å²) in [6.07, 6.45) is -2.92. The lowest BCUT2D eigenvalue weighted by atomic mass is 10.4. The fraction of sp³-hybridized carbons (Fsp3) is 0.300. The standard InChI is InChI=1S/C10H10F3N7/c1-5-4-7(19-3-2-6(14)17-19)20-9(15-5)16-8(18-20)10(11,12)13/h2,4,17H,3,14H2,1H3. The lowest BCUT2D eigenvalue weighted by Crippen LogP contribution is -2.35. The Bertz CT molecular complexity index is 703. The fourth-order valence-electron chi connectivity index (χ4n) is 1.87. The maximum atomic E-state index is 12.7. The number of aryl methyl sites for hydroxylation is 1. The van der Waals surface area contributed by atoms with Crippen LogP contribution < -0.4 is 16.2 Å². The van der Waals surface area contributed by atoms with E-state index in [0.29, 0.717) is 23.9 Å². The van der Waals surface area contributed by atoms with Gasteiger partial charge >= 0.3 is 6.18 Å². The molecule has 3 N–H and O–H groups in total. The van der Waals surface area contributed by atoms with E-state index in [-0.39, 0.29) is 5.78 Å². The van der Waals surface area contributed by atoms with E-state index in [2.05, 4.69) is 20.5 Å². The van der Waals surface area contributed by atoms with E-state index in [4.69, 9.17) is 5.73 Å². The van der Waals surface area contributed by atoms with Crippen molar-refractivity contribution >= 4 is 11.6 Å². The largest absolute Gasteiger partial charge is 0.453 e. The molecule has 0 saturated carbocycles. The van der Waals surface area contributed by atoms with Crippen LogP contribution in [0.1, 0.15) is 11.5 Å². The monoisotopic (exact) mass is 285 g/mol. The number of rotatable bonds is 1. The van der Waals surface area contributed by atoms with E-state index in [9.17, 15) is 13.2 Å². The van der Waals surface area contributed by atoms with Gasteiger partial charge in [0, 0.05) is 11.8 Å². The smallest absolute Gasteiger partial charge is 0.384 e. The van der Waals surface area contributed by atoms with Crippen LogP contribution in [0.4, 0.5) is 19.0 Å². The highest BCUT2D eigenvalue weighted by Crippen LogP contribution is 2.27. The Morgan fingerprint density at radius 2 is 2.10 bits per heavy atom. The summed E-state index contributed by atoms with van der Waals surface area (Å²) in [6, 6.07) is 1.60. The zero-order valence-corrected chi connectivity index (χ0v) is 10.3. The molecule has 7 nitrogen and oxygen atoms in total. The molecule has 0 amide bonds. The first-order valence-corrected chi connectivity index (χ1v) is 5.66. The van der Waals surface area contributed by atoms with Gasteiger partial charge in [-0.2, -0.15) is 22.7 Å². The van der Waals surface area contributed by atoms with Gasteiger partial charge in [-0.15, -0.1) is 5.10 Å². The molecule has 3 heterocycles. The minimum atomic E-state index is -4.62. The molecule has 0 atom stereocenters. The average Bonchev–Trinajstić information content (AvgIpc) is 2.93. The number of anilines is 1. The van der Waals surface area contributed by atoms with Crippen LogP contribution in [0.25, 0.3) is 5.78 Å². The Labute approximate surface area is 110 Å². The van der Waals surface area contributed by atoms with Crippen molar-refractivity contribution in [3.63, 3.8) is 0 Å². The van der Waals surface area contributed by atoms with Crippen LogP contribution in [0.2, 0.25) is 0 Å². The highest BCUT2D eigenvalue weighted by molar-refractivity contribution is 5.49. The molecule has 0 fully saturated rings. The second-order valence-corrected chi connectivity index (χ2v) is 4.28. The first-order valence-electron chi connectivity index (χ1n) is 5.66. The molecule has 10 heteroatoms. The Kier molecular flexibility index (Phi) is 2.49. The second-order valence-electron chi connectivity index (χ2n) is 4.28. The molecule has 0 radical (unpaired) electrons. The van der Waals surface area contributed by atoms with E-state index in [0.717, 1.165) is 4.52 Å². The number of hydrazine groups is 1. The van der Waals surface area contributed by atoms with Crippen molar-refractivity contribution < 1.29 is 13.2 Å². The summed E-state index contributed by atoms with van der Waals surface area (Å²) in [5.41, 5.74) is 8.93. The van der Waals surface area contributed by atoms with Crippen molar-refractivity contribution in [2.75, 3.05) is 11.6 Å². The van der Waals surface area contributed by atoms with E-state index in [1.165, 1.54) is 0 Å². The summed E-state index contributed by atoms with van der Waals surface area (Å²) in [5.74, 6) is -0.535. The van der Waals surface area contributed by atoms with E-state index >= 15 is 0 Å². The fourth-order valence-corrected chi connectivity index (χ4v) is 1.87. The molecular weight excluding hydrogens is 275 g/mol. The molecule has 0 saturated heterocycles. The SMILES string of the molecule is Cc1cc(N2CC=C(N)N2)n2nc(C(F)(F)F)nc2n1. The molecule has 2 aromatic heterocycles. The van der Waals surface area contributed by atoms with Gasteiger partial charge in [0.05, 0.1) is 6.54 Å². The van der Waals surface area contributed by atoms with Gasteiger partial charge < -0.3 is 5.73 Å². The third kappa shape index (κ3) is 1.98. The van der Waals surface area contributed by atoms with Crippen molar-refractivity contribution in [1.82, 2.24) is 25.0 Å². The Hall–Kier alpha value is -2.52. The molecule has 2 aromatic rings. The molecule has 0 spiro atoms. The maximum absolute atomic E-state index is 12.7. The summed E-state index contributed by atoms with van der Waals surface area (Å²) in [4.78, 5) is 7.36. The highest BCUT2D eigenvalue weighted by atomic mass is 19.4. The van der Waals surface area contributed by atoms with Gasteiger partial charge in [-0.05, 0) is 13.0 Å². The van der Waals surface area contributed by atoms with Crippen molar-refractivity contribution in [2.45, 2.75) is 13.1 Å². The molecule has 0 bridgehead atoms. The third-order valence-corrected chi connectivity index (χ3v) is 2.71. The van der Waals surface area contributed by atoms with Crippen LogP contribution in [-0.2, 0) is 6.18 Å². The van der Waals surface area contributed by atoms with Gasteiger partial charge in [-0.25, -0.2) is 4.98 Å². The Morgan fingerprint density at radius 3 is 2.70 bits per heavy atom. The first kappa shape index (κ1) is 12.5. The molecule has 1 aliphatic rings. The van der Waals surface area contributed by atoms with E-state index in [1.54, 1.807) is 24.1 Å². The molecule has 1 aliphatic heterocycles. The molecule has 0 aliphatic carbocycles. The summed E-state index contributed by atoms with van der Waals surface area (Å²) in [6.45, 7) is 2.07. The summed E-state index contributed by atoms with van der Waals surface area (Å²) < 4.78 is 39.1. The van der Waals surface area contributed by atoms with Gasteiger partial charge in [0.25, 0.3) is 11.6 Å². The predicted octanol–water partition coefficient (Wildman–Crippen LogP) is 0.576. The van der Waals surface area contributed by atoms with Crippen molar-refractivity contribution in [3.8, 4) is 0 Å². The van der Waals surface area contributed by atoms with Crippen LogP contribution >= 0.6 is 0 Å². The van der Waals surface area contributed by atoms with E-state index < -0.39 is 12.0 Å². The van der Waals surface area contributed by atoms with Crippen LogP contribution in [0, 0.1) is 6.92 Å². The zero-order valence-electron chi connectivity index (χ0n) is 10.3. The molecule has 0 unspecified atom stereocenters. The van der Waals surface area contributed by atoms with Crippen molar-refractivity contribution in [2.24, 2.45) is 5.73 Å². The molecule has 0 aromatic carbocycles. The topological polar surface area (TPSA) is 84.4 Å². The predicted molar refractivity (Wildman–Crippen MR) is 63.3 cm³/mol. The van der Waals surface area contributed by atoms with Gasteiger partial charge in [0.15, 0.2) is 5.82 Å². The van der Waals surface area contributed by atoms with Crippen LogP contribution in [0.15, 0.2) is 18.0 Å². The quantitative estimate of drug-likeness (QED) is 0.797. The number of alkyl halides is 3. The number of halogens is 3. The third-order valence-electron chi connectivity index (χ3n) is 2.71. The van der Waals surface area contributed by atoms with Crippen LogP contribution in [-0.4, -0.2) is 26.1 Å². The van der Waals surface area contributed by atoms with Crippen molar-refractivity contribution in [3.05, 3.63) is 29.5 Å². The summed E-state index contributed by atoms with van der Waals surface area (Å²) >= 11 is 0. The van der Waals surface area contributed by atoms with Gasteiger partial charge in [0.1, 0.15) is 5.82 Å². The molecule has 106 valence electrons. The van der Waals surface area contributed by atoms with Gasteiger partial charge in [0.2, 0.25) is 0 Å². The normalized spacial score (nSPS) is 15.6. The zero-order chi connectivity index (χ0) is 14.5. The number of hydrogen-bond donors (Lipinski definition) is 2. The first-order chi connectivity index (χ1) is 9.34. The average molecular weight is 285 g/mol. The minimum Gasteiger partial charge on any atom is -0.384 e. The number of hydrogen-bond acceptors (Lipinski definition) is 6. The number of aromatic nitrogens is 4. The Morgan fingerprint density at radius 1 is 1.35 bits per heavy atom. The number of nitrogens with two attached hydrogens (primary N) is 1. The minimum absolute atomic E-state index is 0.111. The molecule has 3 rings (SSSR count). The summed E-state index contributed by atoms with van der Waals surface area (Å²) in [5, 5.41) is 5.03. The second kappa shape index (κ2) is 3.99. The number of nitrogens with zero attached hydrogens (tertiary/aromatic N) is 5. The van der Waals surface area contributed by atoms with Crippen LogP contribution in [0.3, 0.4) is 0 Å². The maximum Gasteiger partial charge on any atom is 0.453 e. The van der Waals surface area contributed by atoms with Gasteiger partial charge in [-0.3, -0.25) is 10.4 Å². The lowest BCUT2D eigenvalue weighted by molar-refractivity contribution is -0.144. The summed E-state index contributed by atoms with van der Waals surface area (Å²) in [7, 11) is 0. The molecular formula is C10H10F3N7. The molecule has 20 heavy (non-hydrogen) atoms. The Balaban J connectivity index is 2.14. The number of fused-ring (bicyclic) bond motifs is 1. The van der Waals surface area contributed by atoms with Crippen molar-refractivity contribution in [1.29, 1.82) is 0 Å².